The number of rotatable bonds is 9. The third-order valence-corrected chi connectivity index (χ3v) is 14.4. The SMILES string of the molecule is c1ccc(-c2ccc(-c3ccc(-c4ccccc4-n4c5ccccc5c5ccc6c7ccccc7n(-c7nc(-c8ccc(-c9ccccc9)cc8)nc(-c8cccc(-c9ccccc9)c8)n7)c6c54)cc3)cc2)cc1. The summed E-state index contributed by atoms with van der Waals surface area (Å²) in [5.41, 5.74) is 18.6. The number of nitrogens with zero attached hydrogens (tertiary/aromatic N) is 5. The Labute approximate surface area is 428 Å². The Kier molecular flexibility index (Phi) is 10.4. The van der Waals surface area contributed by atoms with Gasteiger partial charge in [0, 0.05) is 38.2 Å². The molecule has 0 aliphatic rings. The molecule has 0 spiro atoms. The Hall–Kier alpha value is -9.97. The molecule has 14 aromatic rings. The lowest BCUT2D eigenvalue weighted by molar-refractivity contribution is 0.953. The third-order valence-electron chi connectivity index (χ3n) is 14.4. The minimum absolute atomic E-state index is 0.540. The first kappa shape index (κ1) is 42.9. The van der Waals surface area contributed by atoms with Crippen molar-refractivity contribution in [1.82, 2.24) is 24.1 Å². The summed E-state index contributed by atoms with van der Waals surface area (Å²) in [4.78, 5) is 16.2. The van der Waals surface area contributed by atoms with Crippen molar-refractivity contribution in [2.24, 2.45) is 0 Å². The standard InChI is InChI=1S/C69H45N5/c1-4-17-46(18-5-1)49-31-33-51(34-32-49)52-35-39-53(40-36-52)57-25-10-13-28-62(57)73-63-29-14-11-26-58(63)60-43-44-61-59-27-12-15-30-64(59)74(66(61)65(60)73)69-71-67(54-41-37-50(38-42-54)47-19-6-2-7-20-47)70-68(72-69)56-24-16-23-55(45-56)48-21-8-3-9-22-48/h1-45H. The van der Waals surface area contributed by atoms with Crippen molar-refractivity contribution >= 4 is 43.6 Å². The Bertz CT molecular complexity index is 4370. The Morgan fingerprint density at radius 3 is 1.16 bits per heavy atom. The third kappa shape index (κ3) is 7.46. The minimum Gasteiger partial charge on any atom is -0.307 e. The molecule has 0 radical (unpaired) electrons. The predicted molar refractivity (Wildman–Crippen MR) is 307 cm³/mol. The van der Waals surface area contributed by atoms with E-state index in [4.69, 9.17) is 15.0 Å². The summed E-state index contributed by atoms with van der Waals surface area (Å²) >= 11 is 0. The van der Waals surface area contributed by atoms with Crippen LogP contribution in [-0.4, -0.2) is 24.1 Å². The summed E-state index contributed by atoms with van der Waals surface area (Å²) in [6, 6.07) is 97.1. The van der Waals surface area contributed by atoms with E-state index in [2.05, 4.69) is 270 Å². The second-order valence-electron chi connectivity index (χ2n) is 18.8. The van der Waals surface area contributed by atoms with Crippen LogP contribution < -0.4 is 0 Å². The van der Waals surface area contributed by atoms with Crippen molar-refractivity contribution in [2.45, 2.75) is 0 Å². The van der Waals surface area contributed by atoms with Gasteiger partial charge in [0.15, 0.2) is 11.6 Å². The molecular formula is C69H45N5. The summed E-state index contributed by atoms with van der Waals surface area (Å²) in [7, 11) is 0. The van der Waals surface area contributed by atoms with Gasteiger partial charge in [0.25, 0.3) is 0 Å². The van der Waals surface area contributed by atoms with Crippen LogP contribution in [0.3, 0.4) is 0 Å². The highest BCUT2D eigenvalue weighted by molar-refractivity contribution is 6.24. The predicted octanol–water partition coefficient (Wildman–Crippen LogP) is 17.7. The number of aromatic nitrogens is 5. The van der Waals surface area contributed by atoms with E-state index < -0.39 is 0 Å². The molecular weight excluding hydrogens is 899 g/mol. The monoisotopic (exact) mass is 943 g/mol. The molecule has 5 nitrogen and oxygen atoms in total. The number of hydrogen-bond donors (Lipinski definition) is 0. The average molecular weight is 944 g/mol. The van der Waals surface area contributed by atoms with Crippen LogP contribution in [0.25, 0.3) is 134 Å². The highest BCUT2D eigenvalue weighted by atomic mass is 15.2. The van der Waals surface area contributed by atoms with Crippen LogP contribution in [0.2, 0.25) is 0 Å². The van der Waals surface area contributed by atoms with Crippen molar-refractivity contribution in [1.29, 1.82) is 0 Å². The largest absolute Gasteiger partial charge is 0.307 e. The maximum atomic E-state index is 5.48. The van der Waals surface area contributed by atoms with E-state index in [1.54, 1.807) is 0 Å². The molecule has 0 saturated carbocycles. The Balaban J connectivity index is 0.980. The van der Waals surface area contributed by atoms with Crippen LogP contribution in [0.5, 0.6) is 0 Å². The molecule has 0 amide bonds. The van der Waals surface area contributed by atoms with Crippen molar-refractivity contribution in [3.05, 3.63) is 273 Å². The van der Waals surface area contributed by atoms with Crippen molar-refractivity contribution in [3.63, 3.8) is 0 Å². The number of fused-ring (bicyclic) bond motifs is 7. The highest BCUT2D eigenvalue weighted by Gasteiger charge is 2.25. The molecule has 346 valence electrons. The van der Waals surface area contributed by atoms with E-state index in [-0.39, 0.29) is 0 Å². The zero-order valence-corrected chi connectivity index (χ0v) is 40.2. The van der Waals surface area contributed by atoms with E-state index in [0.717, 1.165) is 88.4 Å². The number of benzene rings is 11. The molecule has 5 heteroatoms. The van der Waals surface area contributed by atoms with E-state index in [9.17, 15) is 0 Å². The lowest BCUT2D eigenvalue weighted by Crippen LogP contribution is -2.07. The fraction of sp³-hybridized carbons (Fsp3) is 0. The van der Waals surface area contributed by atoms with E-state index >= 15 is 0 Å². The first-order valence-corrected chi connectivity index (χ1v) is 25.1. The van der Waals surface area contributed by atoms with Crippen LogP contribution >= 0.6 is 0 Å². The van der Waals surface area contributed by atoms with Crippen LogP contribution in [0, 0.1) is 0 Å². The number of hydrogen-bond acceptors (Lipinski definition) is 3. The molecule has 0 saturated heterocycles. The maximum absolute atomic E-state index is 5.48. The molecule has 11 aromatic carbocycles. The fourth-order valence-electron chi connectivity index (χ4n) is 10.8. The van der Waals surface area contributed by atoms with Gasteiger partial charge < -0.3 is 4.57 Å². The summed E-state index contributed by atoms with van der Waals surface area (Å²) in [6.45, 7) is 0. The van der Waals surface area contributed by atoms with Crippen LogP contribution in [0.15, 0.2) is 273 Å². The van der Waals surface area contributed by atoms with Gasteiger partial charge in [0.1, 0.15) is 0 Å². The molecule has 14 rings (SSSR count). The highest BCUT2D eigenvalue weighted by Crippen LogP contribution is 2.43. The molecule has 0 fully saturated rings. The van der Waals surface area contributed by atoms with Gasteiger partial charge in [-0.3, -0.25) is 4.57 Å². The molecule has 74 heavy (non-hydrogen) atoms. The second kappa shape index (κ2) is 18.0. The topological polar surface area (TPSA) is 48.5 Å². The smallest absolute Gasteiger partial charge is 0.238 e. The zero-order valence-electron chi connectivity index (χ0n) is 40.2. The molecule has 0 atom stereocenters. The van der Waals surface area contributed by atoms with Crippen LogP contribution in [-0.2, 0) is 0 Å². The van der Waals surface area contributed by atoms with Crippen molar-refractivity contribution in [3.8, 4) is 90.0 Å². The lowest BCUT2D eigenvalue weighted by Gasteiger charge is -2.16. The van der Waals surface area contributed by atoms with Gasteiger partial charge >= 0.3 is 0 Å². The van der Waals surface area contributed by atoms with Gasteiger partial charge in [-0.1, -0.05) is 249 Å². The summed E-state index contributed by atoms with van der Waals surface area (Å²) in [5, 5.41) is 4.53. The van der Waals surface area contributed by atoms with Gasteiger partial charge in [0.2, 0.25) is 5.95 Å². The maximum Gasteiger partial charge on any atom is 0.238 e. The second-order valence-corrected chi connectivity index (χ2v) is 18.8. The molecule has 0 unspecified atom stereocenters. The Morgan fingerprint density at radius 2 is 0.608 bits per heavy atom. The minimum atomic E-state index is 0.540. The molecule has 0 N–H and O–H groups in total. The van der Waals surface area contributed by atoms with E-state index in [1.165, 1.54) is 27.6 Å². The normalized spacial score (nSPS) is 11.5. The summed E-state index contributed by atoms with van der Waals surface area (Å²) < 4.78 is 4.74. The summed E-state index contributed by atoms with van der Waals surface area (Å²) in [6.07, 6.45) is 0. The van der Waals surface area contributed by atoms with Gasteiger partial charge in [-0.05, 0) is 74.3 Å². The molecule has 0 aliphatic heterocycles. The summed E-state index contributed by atoms with van der Waals surface area (Å²) in [5.74, 6) is 1.72. The average Bonchev–Trinajstić information content (AvgIpc) is 4.01. The van der Waals surface area contributed by atoms with E-state index in [0.29, 0.717) is 17.6 Å². The van der Waals surface area contributed by atoms with E-state index in [1.807, 2.05) is 12.1 Å². The van der Waals surface area contributed by atoms with Crippen molar-refractivity contribution in [2.75, 3.05) is 0 Å². The Morgan fingerprint density at radius 1 is 0.230 bits per heavy atom. The quantitative estimate of drug-likeness (QED) is 0.145. The molecule has 0 bridgehead atoms. The lowest BCUT2D eigenvalue weighted by atomic mass is 9.97. The van der Waals surface area contributed by atoms with Crippen LogP contribution in [0.1, 0.15) is 0 Å². The fourth-order valence-corrected chi connectivity index (χ4v) is 10.8. The zero-order chi connectivity index (χ0) is 49.0. The van der Waals surface area contributed by atoms with Crippen molar-refractivity contribution < 1.29 is 0 Å². The van der Waals surface area contributed by atoms with Gasteiger partial charge in [-0.2, -0.15) is 9.97 Å². The molecule has 3 heterocycles. The van der Waals surface area contributed by atoms with Gasteiger partial charge in [0.05, 0.1) is 27.8 Å². The number of para-hydroxylation sites is 3. The first-order valence-electron chi connectivity index (χ1n) is 25.1. The first-order chi connectivity index (χ1) is 36.7. The van der Waals surface area contributed by atoms with Crippen LogP contribution in [0.4, 0.5) is 0 Å². The molecule has 0 aliphatic carbocycles. The van der Waals surface area contributed by atoms with Gasteiger partial charge in [-0.15, -0.1) is 0 Å². The molecule has 3 aromatic heterocycles. The van der Waals surface area contributed by atoms with Gasteiger partial charge in [-0.25, -0.2) is 4.98 Å².